The number of hydrogen-bond donors (Lipinski definition) is 6. The maximum absolute atomic E-state index is 11.0. The first-order chi connectivity index (χ1) is 14.9. The van der Waals surface area contributed by atoms with E-state index in [2.05, 4.69) is 9.97 Å². The second-order valence-corrected chi connectivity index (χ2v) is 5.51. The van der Waals surface area contributed by atoms with Crippen LogP contribution >= 0.6 is 0 Å². The number of nitro benzene ring substituents is 2. The number of aliphatic carboxylic acids is 2. The van der Waals surface area contributed by atoms with Crippen molar-refractivity contribution in [1.29, 1.82) is 0 Å². The summed E-state index contributed by atoms with van der Waals surface area (Å²) in [5.41, 5.74) is 9.02. The van der Waals surface area contributed by atoms with Crippen LogP contribution in [0.25, 0.3) is 11.0 Å². The Morgan fingerprint density at radius 1 is 0.794 bits per heavy atom. The van der Waals surface area contributed by atoms with E-state index in [9.17, 15) is 29.8 Å². The van der Waals surface area contributed by atoms with Crippen molar-refractivity contribution in [2.45, 2.75) is 0 Å². The minimum atomic E-state index is -1.82. The summed E-state index contributed by atoms with van der Waals surface area (Å²) in [5.74, 6) is -3.65. The molecular weight excluding hydrogens is 468 g/mol. The molecule has 2 aromatic carbocycles. The van der Waals surface area contributed by atoms with Gasteiger partial charge in [-0.05, 0) is 12.1 Å². The van der Waals surface area contributed by atoms with Crippen LogP contribution in [0.4, 0.5) is 22.7 Å². The summed E-state index contributed by atoms with van der Waals surface area (Å²) < 4.78 is 0. The van der Waals surface area contributed by atoms with Gasteiger partial charge in [0.2, 0.25) is 0 Å². The molecule has 0 unspecified atom stereocenters. The number of nitrogens with zero attached hydrogens (tertiary/aromatic N) is 2. The van der Waals surface area contributed by atoms with Crippen molar-refractivity contribution >= 4 is 45.7 Å². The van der Waals surface area contributed by atoms with Crippen LogP contribution in [0.3, 0.4) is 0 Å². The van der Waals surface area contributed by atoms with Crippen LogP contribution in [0.5, 0.6) is 0 Å². The SMILES string of the molecule is Nc1cccc([N+](=O)[O-])c1N.O.O.O=C(O)C(=O)O.O=c1[nH]c2cccc([N+](=O)[O-])c2[nH]c1=O. The number of aromatic amines is 2. The molecule has 3 aromatic rings. The van der Waals surface area contributed by atoms with Crippen LogP contribution in [0, 0.1) is 20.2 Å². The van der Waals surface area contributed by atoms with E-state index in [1.165, 1.54) is 36.4 Å². The topological polar surface area (TPSA) is 342 Å². The van der Waals surface area contributed by atoms with E-state index in [1.54, 1.807) is 0 Å². The minimum Gasteiger partial charge on any atom is -0.473 e. The highest BCUT2D eigenvalue weighted by Gasteiger charge is 2.13. The van der Waals surface area contributed by atoms with Crippen molar-refractivity contribution < 1.29 is 40.6 Å². The van der Waals surface area contributed by atoms with E-state index >= 15 is 0 Å². The number of carbonyl (C=O) groups is 2. The molecule has 18 heteroatoms. The quantitative estimate of drug-likeness (QED) is 0.103. The first kappa shape index (κ1) is 30.8. The van der Waals surface area contributed by atoms with Gasteiger partial charge in [-0.3, -0.25) is 29.8 Å². The maximum atomic E-state index is 11.0. The maximum Gasteiger partial charge on any atom is 0.414 e. The van der Waals surface area contributed by atoms with Gasteiger partial charge in [0.1, 0.15) is 11.2 Å². The van der Waals surface area contributed by atoms with Crippen LogP contribution in [-0.2, 0) is 9.59 Å². The van der Waals surface area contributed by atoms with Crippen molar-refractivity contribution in [1.82, 2.24) is 9.97 Å². The average molecular weight is 486 g/mol. The normalized spacial score (nSPS) is 8.94. The number of nitro groups is 2. The van der Waals surface area contributed by atoms with Gasteiger partial charge in [-0.1, -0.05) is 12.1 Å². The number of carboxylic acid groups (broad SMARTS) is 2. The molecule has 0 radical (unpaired) electrons. The predicted molar refractivity (Wildman–Crippen MR) is 116 cm³/mol. The largest absolute Gasteiger partial charge is 0.473 e. The van der Waals surface area contributed by atoms with E-state index in [0.717, 1.165) is 0 Å². The Labute approximate surface area is 186 Å². The van der Waals surface area contributed by atoms with Gasteiger partial charge in [-0.25, -0.2) is 9.59 Å². The summed E-state index contributed by atoms with van der Waals surface area (Å²) in [6.45, 7) is 0. The van der Waals surface area contributed by atoms with Gasteiger partial charge in [-0.2, -0.15) is 0 Å². The molecule has 0 saturated heterocycles. The van der Waals surface area contributed by atoms with Gasteiger partial charge in [0.15, 0.2) is 0 Å². The van der Waals surface area contributed by atoms with Crippen molar-refractivity contribution in [3.63, 3.8) is 0 Å². The first-order valence-electron chi connectivity index (χ1n) is 8.01. The molecule has 0 amide bonds. The molecule has 0 spiro atoms. The van der Waals surface area contributed by atoms with E-state index in [-0.39, 0.29) is 44.7 Å². The third-order valence-corrected chi connectivity index (χ3v) is 3.43. The highest BCUT2D eigenvalue weighted by molar-refractivity contribution is 6.27. The zero-order valence-corrected chi connectivity index (χ0v) is 16.7. The lowest BCUT2D eigenvalue weighted by Crippen LogP contribution is -2.29. The number of aromatic nitrogens is 2. The number of anilines is 2. The van der Waals surface area contributed by atoms with Gasteiger partial charge < -0.3 is 42.6 Å². The molecule has 0 aliphatic rings. The fraction of sp³-hybridized carbons (Fsp3) is 0. The Morgan fingerprint density at radius 3 is 1.68 bits per heavy atom. The van der Waals surface area contributed by atoms with Gasteiger partial charge in [0.25, 0.3) is 11.4 Å². The molecule has 0 fully saturated rings. The smallest absolute Gasteiger partial charge is 0.414 e. The molecule has 3 rings (SSSR count). The van der Waals surface area contributed by atoms with Crippen molar-refractivity contribution in [2.75, 3.05) is 11.5 Å². The number of nitrogens with one attached hydrogen (secondary N) is 2. The second-order valence-electron chi connectivity index (χ2n) is 5.51. The molecule has 0 aliphatic carbocycles. The van der Waals surface area contributed by atoms with Gasteiger partial charge in [0, 0.05) is 12.1 Å². The van der Waals surface area contributed by atoms with Crippen LogP contribution in [0.1, 0.15) is 0 Å². The van der Waals surface area contributed by atoms with Gasteiger partial charge >= 0.3 is 23.1 Å². The van der Waals surface area contributed by atoms with E-state index < -0.39 is 32.9 Å². The Kier molecular flexibility index (Phi) is 11.9. The molecule has 1 heterocycles. The number of non-ortho nitro benzene ring substituents is 1. The van der Waals surface area contributed by atoms with Gasteiger partial charge in [-0.15, -0.1) is 0 Å². The standard InChI is InChI=1S/C8H5N3O4.C6H7N3O2.C2H2O4.2H2O/c12-7-8(13)10-6-4(9-7)2-1-3-5(6)11(14)15;7-4-2-1-3-5(6(4)8)9(10)11;3-1(4)2(5)6;;/h1-3H,(H,9,12)(H,10,13);1-3H,7-8H2;(H,3,4)(H,5,6);2*1H2. The second kappa shape index (κ2) is 13.1. The summed E-state index contributed by atoms with van der Waals surface area (Å²) in [6, 6.07) is 8.46. The lowest BCUT2D eigenvalue weighted by atomic mass is 10.2. The number of H-pyrrole nitrogens is 2. The van der Waals surface area contributed by atoms with Crippen LogP contribution in [0.15, 0.2) is 46.0 Å². The molecule has 0 atom stereocenters. The monoisotopic (exact) mass is 486 g/mol. The zero-order chi connectivity index (χ0) is 24.6. The molecule has 0 aliphatic heterocycles. The number of fused-ring (bicyclic) bond motifs is 1. The van der Waals surface area contributed by atoms with Crippen molar-refractivity contribution in [2.24, 2.45) is 0 Å². The molecule has 18 nitrogen and oxygen atoms in total. The lowest BCUT2D eigenvalue weighted by molar-refractivity contribution is -0.383. The third kappa shape index (κ3) is 8.05. The van der Waals surface area contributed by atoms with Crippen molar-refractivity contribution in [3.8, 4) is 0 Å². The van der Waals surface area contributed by atoms with Crippen LogP contribution in [-0.4, -0.2) is 52.9 Å². The van der Waals surface area contributed by atoms with E-state index in [0.29, 0.717) is 0 Å². The molecule has 12 N–H and O–H groups in total. The van der Waals surface area contributed by atoms with E-state index in [1.807, 2.05) is 0 Å². The average Bonchev–Trinajstić information content (AvgIpc) is 2.71. The Morgan fingerprint density at radius 2 is 1.24 bits per heavy atom. The highest BCUT2D eigenvalue weighted by atomic mass is 16.6. The third-order valence-electron chi connectivity index (χ3n) is 3.43. The van der Waals surface area contributed by atoms with Gasteiger partial charge in [0.05, 0.1) is 21.1 Å². The zero-order valence-electron chi connectivity index (χ0n) is 16.7. The van der Waals surface area contributed by atoms with Crippen molar-refractivity contribution in [3.05, 3.63) is 77.3 Å². The highest BCUT2D eigenvalue weighted by Crippen LogP contribution is 2.25. The summed E-state index contributed by atoms with van der Waals surface area (Å²) >= 11 is 0. The number of nitrogens with two attached hydrogens (primary N) is 2. The molecule has 1 aromatic heterocycles. The molecule has 184 valence electrons. The van der Waals surface area contributed by atoms with E-state index in [4.69, 9.17) is 31.3 Å². The predicted octanol–water partition coefficient (Wildman–Crippen LogP) is -1.61. The Bertz CT molecular complexity index is 1300. The molecule has 34 heavy (non-hydrogen) atoms. The molecular formula is C16H18N6O12. The Hall–Kier alpha value is -5.36. The lowest BCUT2D eigenvalue weighted by Gasteiger charge is -1.98. The number of nitrogen functional groups attached to an aromatic ring is 2. The fourth-order valence-electron chi connectivity index (χ4n) is 2.01. The fourth-order valence-corrected chi connectivity index (χ4v) is 2.01. The first-order valence-corrected chi connectivity index (χ1v) is 8.01. The summed E-state index contributed by atoms with van der Waals surface area (Å²) in [5, 5.41) is 35.6. The number of carboxylic acids is 2. The number of benzene rings is 2. The minimum absolute atomic E-state index is 0. The summed E-state index contributed by atoms with van der Waals surface area (Å²) in [7, 11) is 0. The molecule has 0 bridgehead atoms. The Balaban J connectivity index is 0. The van der Waals surface area contributed by atoms with Crippen LogP contribution < -0.4 is 22.6 Å². The number of para-hydroxylation sites is 2. The molecule has 0 saturated carbocycles. The number of rotatable bonds is 2. The van der Waals surface area contributed by atoms with Crippen LogP contribution in [0.2, 0.25) is 0 Å². The number of hydrogen-bond acceptors (Lipinski definition) is 10. The summed E-state index contributed by atoms with van der Waals surface area (Å²) in [6.07, 6.45) is 0. The summed E-state index contributed by atoms with van der Waals surface area (Å²) in [4.78, 5) is 64.2.